The number of nitriles is 1. The second-order valence-corrected chi connectivity index (χ2v) is 6.26. The first-order chi connectivity index (χ1) is 10.4. The third-order valence-electron chi connectivity index (χ3n) is 3.50. The summed E-state index contributed by atoms with van der Waals surface area (Å²) in [6.45, 7) is 6.52. The number of allylic oxidation sites excluding steroid dienone is 1. The SMILES string of the molecule is CC(C)(C)c1ccc(C=CC(=O)c2ccc(C#N)cc2)cc1. The van der Waals surface area contributed by atoms with Gasteiger partial charge >= 0.3 is 0 Å². The second kappa shape index (κ2) is 6.41. The molecule has 0 unspecified atom stereocenters. The Bertz CT molecular complexity index is 723. The van der Waals surface area contributed by atoms with E-state index in [1.165, 1.54) is 5.56 Å². The minimum atomic E-state index is -0.0654. The molecule has 0 bridgehead atoms. The number of carbonyl (C=O) groups excluding carboxylic acids is 1. The molecule has 0 aliphatic carbocycles. The molecule has 2 nitrogen and oxygen atoms in total. The molecular weight excluding hydrogens is 270 g/mol. The maximum atomic E-state index is 12.1. The average molecular weight is 289 g/mol. The third kappa shape index (κ3) is 3.93. The summed E-state index contributed by atoms with van der Waals surface area (Å²) < 4.78 is 0. The Balaban J connectivity index is 2.10. The molecule has 2 aromatic rings. The van der Waals surface area contributed by atoms with Gasteiger partial charge in [0.25, 0.3) is 0 Å². The van der Waals surface area contributed by atoms with E-state index in [4.69, 9.17) is 5.26 Å². The lowest BCUT2D eigenvalue weighted by atomic mass is 9.87. The van der Waals surface area contributed by atoms with Gasteiger partial charge in [0.2, 0.25) is 0 Å². The monoisotopic (exact) mass is 289 g/mol. The van der Waals surface area contributed by atoms with Crippen LogP contribution in [0.2, 0.25) is 0 Å². The van der Waals surface area contributed by atoms with Crippen molar-refractivity contribution < 1.29 is 4.79 Å². The first-order valence-electron chi connectivity index (χ1n) is 7.23. The van der Waals surface area contributed by atoms with Crippen molar-refractivity contribution in [1.29, 1.82) is 5.26 Å². The molecule has 0 saturated carbocycles. The van der Waals surface area contributed by atoms with Gasteiger partial charge in [-0.2, -0.15) is 5.26 Å². The van der Waals surface area contributed by atoms with Crippen LogP contribution in [0, 0.1) is 11.3 Å². The Labute approximate surface area is 131 Å². The molecule has 0 aliphatic rings. The number of carbonyl (C=O) groups is 1. The van der Waals surface area contributed by atoms with Crippen LogP contribution >= 0.6 is 0 Å². The van der Waals surface area contributed by atoms with Crippen molar-refractivity contribution in [2.24, 2.45) is 0 Å². The number of hydrogen-bond acceptors (Lipinski definition) is 2. The van der Waals surface area contributed by atoms with Gasteiger partial charge in [-0.25, -0.2) is 0 Å². The van der Waals surface area contributed by atoms with Crippen molar-refractivity contribution in [2.75, 3.05) is 0 Å². The highest BCUT2D eigenvalue weighted by Gasteiger charge is 2.12. The zero-order valence-electron chi connectivity index (χ0n) is 13.1. The van der Waals surface area contributed by atoms with Crippen LogP contribution in [0.5, 0.6) is 0 Å². The molecule has 0 N–H and O–H groups in total. The molecule has 22 heavy (non-hydrogen) atoms. The van der Waals surface area contributed by atoms with E-state index in [0.717, 1.165) is 5.56 Å². The molecule has 0 atom stereocenters. The molecular formula is C20H19NO. The van der Waals surface area contributed by atoms with Crippen LogP contribution in [0.15, 0.2) is 54.6 Å². The fraction of sp³-hybridized carbons (Fsp3) is 0.200. The third-order valence-corrected chi connectivity index (χ3v) is 3.50. The highest BCUT2D eigenvalue weighted by atomic mass is 16.1. The molecule has 0 fully saturated rings. The summed E-state index contributed by atoms with van der Waals surface area (Å²) in [5.41, 5.74) is 3.53. The van der Waals surface area contributed by atoms with Crippen LogP contribution in [0.4, 0.5) is 0 Å². The highest BCUT2D eigenvalue weighted by Crippen LogP contribution is 2.22. The smallest absolute Gasteiger partial charge is 0.185 e. The standard InChI is InChI=1S/C20H19NO/c1-20(2,3)18-11-6-15(7-12-18)8-13-19(22)17-9-4-16(14-21)5-10-17/h4-13H,1-3H3. The van der Waals surface area contributed by atoms with Gasteiger partial charge in [0.15, 0.2) is 5.78 Å². The van der Waals surface area contributed by atoms with Crippen molar-refractivity contribution in [3.8, 4) is 6.07 Å². The quantitative estimate of drug-likeness (QED) is 0.604. The van der Waals surface area contributed by atoms with E-state index in [-0.39, 0.29) is 11.2 Å². The van der Waals surface area contributed by atoms with Crippen molar-refractivity contribution >= 4 is 11.9 Å². The van der Waals surface area contributed by atoms with Gasteiger partial charge in [0, 0.05) is 5.56 Å². The number of rotatable bonds is 3. The predicted molar refractivity (Wildman–Crippen MR) is 89.7 cm³/mol. The van der Waals surface area contributed by atoms with E-state index < -0.39 is 0 Å². The van der Waals surface area contributed by atoms with Gasteiger partial charge in [0.05, 0.1) is 11.6 Å². The summed E-state index contributed by atoms with van der Waals surface area (Å²) >= 11 is 0. The van der Waals surface area contributed by atoms with E-state index in [9.17, 15) is 4.79 Å². The number of hydrogen-bond donors (Lipinski definition) is 0. The molecule has 0 spiro atoms. The molecule has 0 radical (unpaired) electrons. The summed E-state index contributed by atoms with van der Waals surface area (Å²) in [6.07, 6.45) is 3.38. The lowest BCUT2D eigenvalue weighted by molar-refractivity contribution is 0.104. The minimum absolute atomic E-state index is 0.0654. The first-order valence-corrected chi connectivity index (χ1v) is 7.23. The van der Waals surface area contributed by atoms with Gasteiger partial charge in [-0.05, 0) is 46.9 Å². The zero-order valence-corrected chi connectivity index (χ0v) is 13.1. The molecule has 0 aliphatic heterocycles. The molecule has 0 saturated heterocycles. The van der Waals surface area contributed by atoms with Crippen LogP contribution in [0.25, 0.3) is 6.08 Å². The number of ketones is 1. The van der Waals surface area contributed by atoms with Crippen LogP contribution in [0.3, 0.4) is 0 Å². The predicted octanol–water partition coefficient (Wildman–Crippen LogP) is 4.75. The minimum Gasteiger partial charge on any atom is -0.289 e. The summed E-state index contributed by atoms with van der Waals surface area (Å²) in [4.78, 5) is 12.1. The van der Waals surface area contributed by atoms with Crippen LogP contribution < -0.4 is 0 Å². The molecule has 2 heteroatoms. The molecule has 0 amide bonds. The van der Waals surface area contributed by atoms with Crippen molar-refractivity contribution in [1.82, 2.24) is 0 Å². The van der Waals surface area contributed by atoms with E-state index in [1.807, 2.05) is 24.3 Å². The largest absolute Gasteiger partial charge is 0.289 e. The lowest BCUT2D eigenvalue weighted by Crippen LogP contribution is -2.10. The molecule has 110 valence electrons. The summed E-state index contributed by atoms with van der Waals surface area (Å²) in [7, 11) is 0. The maximum Gasteiger partial charge on any atom is 0.185 e. The van der Waals surface area contributed by atoms with Gasteiger partial charge in [-0.15, -0.1) is 0 Å². The van der Waals surface area contributed by atoms with Crippen molar-refractivity contribution in [3.05, 3.63) is 76.9 Å². The number of nitrogens with zero attached hydrogens (tertiary/aromatic N) is 1. The van der Waals surface area contributed by atoms with E-state index in [2.05, 4.69) is 32.9 Å². The highest BCUT2D eigenvalue weighted by molar-refractivity contribution is 6.06. The van der Waals surface area contributed by atoms with E-state index >= 15 is 0 Å². The van der Waals surface area contributed by atoms with Gasteiger partial charge < -0.3 is 0 Å². The average Bonchev–Trinajstić information content (AvgIpc) is 2.52. The second-order valence-electron chi connectivity index (χ2n) is 6.26. The van der Waals surface area contributed by atoms with Gasteiger partial charge in [-0.3, -0.25) is 4.79 Å². The lowest BCUT2D eigenvalue weighted by Gasteiger charge is -2.18. The van der Waals surface area contributed by atoms with Crippen LogP contribution in [0.1, 0.15) is 47.8 Å². The summed E-state index contributed by atoms with van der Waals surface area (Å²) in [6, 6.07) is 16.9. The molecule has 0 aromatic heterocycles. The first kappa shape index (κ1) is 15.7. The topological polar surface area (TPSA) is 40.9 Å². The molecule has 2 aromatic carbocycles. The molecule has 0 heterocycles. The fourth-order valence-corrected chi connectivity index (χ4v) is 2.07. The number of benzene rings is 2. The van der Waals surface area contributed by atoms with Crippen molar-refractivity contribution in [3.63, 3.8) is 0 Å². The maximum absolute atomic E-state index is 12.1. The van der Waals surface area contributed by atoms with E-state index in [0.29, 0.717) is 11.1 Å². The normalized spacial score (nSPS) is 11.4. The van der Waals surface area contributed by atoms with E-state index in [1.54, 1.807) is 30.3 Å². The Hall–Kier alpha value is -2.66. The van der Waals surface area contributed by atoms with Crippen LogP contribution in [-0.2, 0) is 5.41 Å². The van der Waals surface area contributed by atoms with Crippen molar-refractivity contribution in [2.45, 2.75) is 26.2 Å². The Morgan fingerprint density at radius 2 is 1.59 bits per heavy atom. The Morgan fingerprint density at radius 1 is 1.00 bits per heavy atom. The van der Waals surface area contributed by atoms with Gasteiger partial charge in [0.1, 0.15) is 0 Å². The summed E-state index contributed by atoms with van der Waals surface area (Å²) in [5, 5.41) is 8.75. The summed E-state index contributed by atoms with van der Waals surface area (Å²) in [5.74, 6) is -0.0654. The Morgan fingerprint density at radius 3 is 2.09 bits per heavy atom. The molecule has 2 rings (SSSR count). The Kier molecular flexibility index (Phi) is 4.58. The fourth-order valence-electron chi connectivity index (χ4n) is 2.07. The van der Waals surface area contributed by atoms with Crippen LogP contribution in [-0.4, -0.2) is 5.78 Å². The van der Waals surface area contributed by atoms with Gasteiger partial charge in [-0.1, -0.05) is 51.1 Å². The zero-order chi connectivity index (χ0) is 16.2.